The smallest absolute Gasteiger partial charge is 0.0301 e. The first-order valence-electron chi connectivity index (χ1n) is 8.45. The molecule has 3 aromatic rings. The molecule has 1 nitrogen and oxygen atoms in total. The summed E-state index contributed by atoms with van der Waals surface area (Å²) in [5.41, 5.74) is 4.10. The Hall–Kier alpha value is -1.83. The van der Waals surface area contributed by atoms with Crippen LogP contribution >= 0.6 is 12.4 Å². The van der Waals surface area contributed by atoms with Crippen LogP contribution in [0.5, 0.6) is 0 Å². The van der Waals surface area contributed by atoms with Crippen molar-refractivity contribution in [3.8, 4) is 0 Å². The zero-order chi connectivity index (χ0) is 16.2. The standard InChI is InChI=1S/C22H25N.ClH/c1-16(2)19-13-11-18(12-14-19)15-23-17(3)21-10-6-8-20-7-4-5-9-22(20)21;/h4-14,16-17,23H,15H2,1-3H3;1H/t17-;/m1./s1. The van der Waals surface area contributed by atoms with Gasteiger partial charge in [0.25, 0.3) is 0 Å². The van der Waals surface area contributed by atoms with E-state index in [0.29, 0.717) is 12.0 Å². The summed E-state index contributed by atoms with van der Waals surface area (Å²) in [4.78, 5) is 0. The van der Waals surface area contributed by atoms with Crippen LogP contribution in [0.4, 0.5) is 0 Å². The molecule has 0 bridgehead atoms. The Morgan fingerprint density at radius 2 is 1.46 bits per heavy atom. The van der Waals surface area contributed by atoms with Crippen molar-refractivity contribution in [3.63, 3.8) is 0 Å². The van der Waals surface area contributed by atoms with Crippen LogP contribution in [0, 0.1) is 0 Å². The maximum atomic E-state index is 3.66. The highest BCUT2D eigenvalue weighted by Crippen LogP contribution is 2.24. The molecule has 0 radical (unpaired) electrons. The summed E-state index contributed by atoms with van der Waals surface area (Å²) in [6.07, 6.45) is 0. The molecule has 0 aromatic heterocycles. The van der Waals surface area contributed by atoms with Gasteiger partial charge in [0.15, 0.2) is 0 Å². The molecule has 0 aliphatic rings. The maximum absolute atomic E-state index is 3.66. The average Bonchev–Trinajstić information content (AvgIpc) is 2.59. The summed E-state index contributed by atoms with van der Waals surface area (Å²) < 4.78 is 0. The van der Waals surface area contributed by atoms with Gasteiger partial charge in [-0.1, -0.05) is 80.6 Å². The molecule has 1 N–H and O–H groups in total. The van der Waals surface area contributed by atoms with Gasteiger partial charge < -0.3 is 5.32 Å². The second-order valence-corrected chi connectivity index (χ2v) is 6.57. The van der Waals surface area contributed by atoms with E-state index in [1.54, 1.807) is 0 Å². The number of rotatable bonds is 5. The third-order valence-electron chi connectivity index (χ3n) is 4.55. The first-order chi connectivity index (χ1) is 11.1. The number of halogens is 1. The molecule has 126 valence electrons. The first-order valence-corrected chi connectivity index (χ1v) is 8.45. The Balaban J connectivity index is 0.00000208. The fourth-order valence-electron chi connectivity index (χ4n) is 3.03. The van der Waals surface area contributed by atoms with Crippen LogP contribution in [0.15, 0.2) is 66.7 Å². The van der Waals surface area contributed by atoms with Crippen molar-refractivity contribution in [3.05, 3.63) is 83.4 Å². The van der Waals surface area contributed by atoms with Gasteiger partial charge in [0, 0.05) is 12.6 Å². The summed E-state index contributed by atoms with van der Waals surface area (Å²) >= 11 is 0. The molecule has 0 saturated carbocycles. The van der Waals surface area contributed by atoms with Crippen molar-refractivity contribution >= 4 is 23.2 Å². The molecule has 2 heteroatoms. The predicted molar refractivity (Wildman–Crippen MR) is 107 cm³/mol. The molecule has 0 aliphatic carbocycles. The second-order valence-electron chi connectivity index (χ2n) is 6.57. The molecule has 0 spiro atoms. The molecule has 0 saturated heterocycles. The minimum atomic E-state index is 0. The lowest BCUT2D eigenvalue weighted by Gasteiger charge is -2.17. The van der Waals surface area contributed by atoms with Gasteiger partial charge >= 0.3 is 0 Å². The third-order valence-corrected chi connectivity index (χ3v) is 4.55. The maximum Gasteiger partial charge on any atom is 0.0301 e. The summed E-state index contributed by atoms with van der Waals surface area (Å²) in [5.74, 6) is 0.589. The molecule has 24 heavy (non-hydrogen) atoms. The highest BCUT2D eigenvalue weighted by Gasteiger charge is 2.08. The fourth-order valence-corrected chi connectivity index (χ4v) is 3.03. The van der Waals surface area contributed by atoms with Crippen molar-refractivity contribution in [1.82, 2.24) is 5.32 Å². The van der Waals surface area contributed by atoms with Crippen molar-refractivity contribution in [2.75, 3.05) is 0 Å². The summed E-state index contributed by atoms with van der Waals surface area (Å²) in [7, 11) is 0. The lowest BCUT2D eigenvalue weighted by atomic mass is 9.99. The van der Waals surface area contributed by atoms with E-state index in [-0.39, 0.29) is 12.4 Å². The van der Waals surface area contributed by atoms with Crippen LogP contribution in [0.3, 0.4) is 0 Å². The molecule has 0 heterocycles. The van der Waals surface area contributed by atoms with E-state index >= 15 is 0 Å². The lowest BCUT2D eigenvalue weighted by Crippen LogP contribution is -2.18. The SMILES string of the molecule is CC(C)c1ccc(CN[C@H](C)c2cccc3ccccc23)cc1.Cl. The van der Waals surface area contributed by atoms with E-state index in [1.807, 2.05) is 0 Å². The van der Waals surface area contributed by atoms with Crippen molar-refractivity contribution in [2.24, 2.45) is 0 Å². The topological polar surface area (TPSA) is 12.0 Å². The summed E-state index contributed by atoms with van der Waals surface area (Å²) in [5, 5.41) is 6.30. The van der Waals surface area contributed by atoms with Gasteiger partial charge in [-0.15, -0.1) is 12.4 Å². The van der Waals surface area contributed by atoms with E-state index in [4.69, 9.17) is 0 Å². The molecule has 3 rings (SSSR count). The monoisotopic (exact) mass is 339 g/mol. The van der Waals surface area contributed by atoms with E-state index in [2.05, 4.69) is 92.8 Å². The van der Waals surface area contributed by atoms with Gasteiger partial charge in [-0.3, -0.25) is 0 Å². The largest absolute Gasteiger partial charge is 0.306 e. The molecular weight excluding hydrogens is 314 g/mol. The minimum Gasteiger partial charge on any atom is -0.306 e. The van der Waals surface area contributed by atoms with Gasteiger partial charge in [-0.25, -0.2) is 0 Å². The van der Waals surface area contributed by atoms with Gasteiger partial charge in [-0.05, 0) is 40.3 Å². The minimum absolute atomic E-state index is 0. The van der Waals surface area contributed by atoms with Gasteiger partial charge in [0.05, 0.1) is 0 Å². The molecule has 3 aromatic carbocycles. The zero-order valence-corrected chi connectivity index (χ0v) is 15.4. The van der Waals surface area contributed by atoms with Crippen LogP contribution in [0.1, 0.15) is 49.4 Å². The molecule has 0 amide bonds. The molecule has 1 atom stereocenters. The first kappa shape index (κ1) is 18.5. The number of benzene rings is 3. The van der Waals surface area contributed by atoms with Gasteiger partial charge in [0.2, 0.25) is 0 Å². The van der Waals surface area contributed by atoms with E-state index in [9.17, 15) is 0 Å². The van der Waals surface area contributed by atoms with E-state index in [0.717, 1.165) is 6.54 Å². The fraction of sp³-hybridized carbons (Fsp3) is 0.273. The quantitative estimate of drug-likeness (QED) is 0.580. The Morgan fingerprint density at radius 3 is 2.17 bits per heavy atom. The van der Waals surface area contributed by atoms with Crippen LogP contribution in [0.2, 0.25) is 0 Å². The second kappa shape index (κ2) is 8.32. The third kappa shape index (κ3) is 4.17. The van der Waals surface area contributed by atoms with E-state index in [1.165, 1.54) is 27.5 Å². The Kier molecular flexibility index (Phi) is 6.42. The van der Waals surface area contributed by atoms with Crippen LogP contribution < -0.4 is 5.32 Å². The van der Waals surface area contributed by atoms with Gasteiger partial charge in [0.1, 0.15) is 0 Å². The average molecular weight is 340 g/mol. The molecule has 0 unspecified atom stereocenters. The van der Waals surface area contributed by atoms with Crippen LogP contribution in [0.25, 0.3) is 10.8 Å². The Morgan fingerprint density at radius 1 is 0.792 bits per heavy atom. The van der Waals surface area contributed by atoms with Gasteiger partial charge in [-0.2, -0.15) is 0 Å². The van der Waals surface area contributed by atoms with E-state index < -0.39 is 0 Å². The number of hydrogen-bond donors (Lipinski definition) is 1. The molecule has 0 aliphatic heterocycles. The Labute approximate surface area is 151 Å². The number of nitrogens with one attached hydrogen (secondary N) is 1. The van der Waals surface area contributed by atoms with Crippen LogP contribution in [-0.4, -0.2) is 0 Å². The predicted octanol–water partition coefficient (Wildman–Crippen LogP) is 6.24. The summed E-state index contributed by atoms with van der Waals surface area (Å²) in [6, 6.07) is 24.4. The van der Waals surface area contributed by atoms with Crippen molar-refractivity contribution < 1.29 is 0 Å². The molecular formula is C22H26ClN. The highest BCUT2D eigenvalue weighted by molar-refractivity contribution is 5.86. The van der Waals surface area contributed by atoms with Crippen molar-refractivity contribution in [2.45, 2.75) is 39.3 Å². The highest BCUT2D eigenvalue weighted by atomic mass is 35.5. The summed E-state index contributed by atoms with van der Waals surface area (Å²) in [6.45, 7) is 7.60. The molecule has 0 fully saturated rings. The van der Waals surface area contributed by atoms with Crippen LogP contribution in [-0.2, 0) is 6.54 Å². The van der Waals surface area contributed by atoms with Crippen molar-refractivity contribution in [1.29, 1.82) is 0 Å². The Bertz CT molecular complexity index is 772. The zero-order valence-electron chi connectivity index (χ0n) is 14.6. The normalized spacial score (nSPS) is 12.2. The number of hydrogen-bond acceptors (Lipinski definition) is 1. The lowest BCUT2D eigenvalue weighted by molar-refractivity contribution is 0.578. The number of fused-ring (bicyclic) bond motifs is 1.